The first kappa shape index (κ1) is 14.9. The van der Waals surface area contributed by atoms with Crippen molar-refractivity contribution in [2.24, 2.45) is 0 Å². The van der Waals surface area contributed by atoms with Crippen molar-refractivity contribution in [3.05, 3.63) is 30.1 Å². The average molecular weight is 289 g/mol. The maximum atomic E-state index is 5.84. The van der Waals surface area contributed by atoms with Crippen molar-refractivity contribution in [3.63, 3.8) is 0 Å². The van der Waals surface area contributed by atoms with Crippen LogP contribution >= 0.6 is 0 Å². The summed E-state index contributed by atoms with van der Waals surface area (Å²) in [5.41, 5.74) is 1.33. The van der Waals surface area contributed by atoms with Crippen molar-refractivity contribution in [3.8, 4) is 0 Å². The SMILES string of the molecule is C[C@@H]1CN(C[C@H]2CCCN2Cc2cccnc2)C[C@H](C)O1. The Morgan fingerprint density at radius 1 is 1.29 bits per heavy atom. The molecule has 0 saturated carbocycles. The van der Waals surface area contributed by atoms with E-state index in [1.54, 1.807) is 0 Å². The molecule has 0 N–H and O–H groups in total. The van der Waals surface area contributed by atoms with Crippen LogP contribution in [0.4, 0.5) is 0 Å². The molecule has 0 spiro atoms. The third-order valence-electron chi connectivity index (χ3n) is 4.57. The molecule has 0 aromatic carbocycles. The Morgan fingerprint density at radius 3 is 2.81 bits per heavy atom. The van der Waals surface area contributed by atoms with E-state index in [1.807, 2.05) is 18.5 Å². The van der Waals surface area contributed by atoms with Gasteiger partial charge in [0.15, 0.2) is 0 Å². The van der Waals surface area contributed by atoms with Gasteiger partial charge in [-0.2, -0.15) is 0 Å². The van der Waals surface area contributed by atoms with Crippen LogP contribution in [0.15, 0.2) is 24.5 Å². The van der Waals surface area contributed by atoms with Gasteiger partial charge in [0.25, 0.3) is 0 Å². The van der Waals surface area contributed by atoms with Crippen LogP contribution in [0.2, 0.25) is 0 Å². The number of likely N-dealkylation sites (tertiary alicyclic amines) is 1. The van der Waals surface area contributed by atoms with Crippen LogP contribution in [0.5, 0.6) is 0 Å². The molecule has 2 fully saturated rings. The van der Waals surface area contributed by atoms with Crippen molar-refractivity contribution in [1.82, 2.24) is 14.8 Å². The third-order valence-corrected chi connectivity index (χ3v) is 4.57. The Bertz CT molecular complexity index is 429. The van der Waals surface area contributed by atoms with Gasteiger partial charge in [0.05, 0.1) is 12.2 Å². The van der Waals surface area contributed by atoms with Gasteiger partial charge in [0.1, 0.15) is 0 Å². The highest BCUT2D eigenvalue weighted by Gasteiger charge is 2.29. The van der Waals surface area contributed by atoms with E-state index in [2.05, 4.69) is 34.7 Å². The highest BCUT2D eigenvalue weighted by Crippen LogP contribution is 2.22. The van der Waals surface area contributed by atoms with Gasteiger partial charge in [-0.15, -0.1) is 0 Å². The zero-order valence-corrected chi connectivity index (χ0v) is 13.2. The Balaban J connectivity index is 1.57. The lowest BCUT2D eigenvalue weighted by Gasteiger charge is -2.38. The van der Waals surface area contributed by atoms with E-state index in [-0.39, 0.29) is 0 Å². The normalized spacial score (nSPS) is 31.6. The maximum absolute atomic E-state index is 5.84. The molecular weight excluding hydrogens is 262 g/mol. The first-order valence-corrected chi connectivity index (χ1v) is 8.21. The topological polar surface area (TPSA) is 28.6 Å². The smallest absolute Gasteiger partial charge is 0.0678 e. The van der Waals surface area contributed by atoms with Crippen LogP contribution in [0.3, 0.4) is 0 Å². The summed E-state index contributed by atoms with van der Waals surface area (Å²) < 4.78 is 5.84. The molecule has 0 unspecified atom stereocenters. The van der Waals surface area contributed by atoms with Gasteiger partial charge in [-0.3, -0.25) is 14.8 Å². The molecule has 4 nitrogen and oxygen atoms in total. The minimum atomic E-state index is 0.363. The van der Waals surface area contributed by atoms with Gasteiger partial charge < -0.3 is 4.74 Å². The Labute approximate surface area is 128 Å². The van der Waals surface area contributed by atoms with Gasteiger partial charge in [0.2, 0.25) is 0 Å². The average Bonchev–Trinajstić information content (AvgIpc) is 2.86. The Kier molecular flexibility index (Phi) is 4.88. The van der Waals surface area contributed by atoms with E-state index >= 15 is 0 Å². The van der Waals surface area contributed by atoms with Gasteiger partial charge in [0, 0.05) is 44.6 Å². The van der Waals surface area contributed by atoms with Crippen molar-refractivity contribution >= 4 is 0 Å². The molecule has 116 valence electrons. The molecule has 4 heteroatoms. The minimum Gasteiger partial charge on any atom is -0.373 e. The third kappa shape index (κ3) is 4.02. The fraction of sp³-hybridized carbons (Fsp3) is 0.706. The van der Waals surface area contributed by atoms with Crippen molar-refractivity contribution in [2.75, 3.05) is 26.2 Å². The number of hydrogen-bond acceptors (Lipinski definition) is 4. The monoisotopic (exact) mass is 289 g/mol. The molecule has 1 aromatic rings. The van der Waals surface area contributed by atoms with Crippen LogP contribution in [0, 0.1) is 0 Å². The first-order chi connectivity index (χ1) is 10.2. The molecule has 0 radical (unpaired) electrons. The highest BCUT2D eigenvalue weighted by molar-refractivity contribution is 5.09. The summed E-state index contributed by atoms with van der Waals surface area (Å²) in [6, 6.07) is 4.90. The molecule has 3 rings (SSSR count). The number of nitrogens with zero attached hydrogens (tertiary/aromatic N) is 3. The summed E-state index contributed by atoms with van der Waals surface area (Å²) in [7, 11) is 0. The lowest BCUT2D eigenvalue weighted by Crippen LogP contribution is -2.50. The lowest BCUT2D eigenvalue weighted by molar-refractivity contribution is -0.0724. The second kappa shape index (κ2) is 6.86. The highest BCUT2D eigenvalue weighted by atomic mass is 16.5. The van der Waals surface area contributed by atoms with Gasteiger partial charge >= 0.3 is 0 Å². The van der Waals surface area contributed by atoms with Gasteiger partial charge in [-0.25, -0.2) is 0 Å². The molecular formula is C17H27N3O. The largest absolute Gasteiger partial charge is 0.373 e. The van der Waals surface area contributed by atoms with Crippen LogP contribution in [0.1, 0.15) is 32.3 Å². The van der Waals surface area contributed by atoms with E-state index in [1.165, 1.54) is 31.5 Å². The molecule has 0 amide bonds. The predicted octanol–water partition coefficient (Wildman–Crippen LogP) is 2.16. The zero-order valence-electron chi connectivity index (χ0n) is 13.2. The van der Waals surface area contributed by atoms with Gasteiger partial charge in [-0.05, 0) is 44.9 Å². The Hall–Kier alpha value is -0.970. The minimum absolute atomic E-state index is 0.363. The second-order valence-corrected chi connectivity index (χ2v) is 6.60. The molecule has 1 aromatic heterocycles. The van der Waals surface area contributed by atoms with Crippen LogP contribution < -0.4 is 0 Å². The molecule has 3 atom stereocenters. The number of ether oxygens (including phenoxy) is 1. The molecule has 0 bridgehead atoms. The maximum Gasteiger partial charge on any atom is 0.0678 e. The first-order valence-electron chi connectivity index (χ1n) is 8.21. The quantitative estimate of drug-likeness (QED) is 0.849. The fourth-order valence-corrected chi connectivity index (χ4v) is 3.77. The number of hydrogen-bond donors (Lipinski definition) is 0. The zero-order chi connectivity index (χ0) is 14.7. The van der Waals surface area contributed by atoms with E-state index in [9.17, 15) is 0 Å². The van der Waals surface area contributed by atoms with Gasteiger partial charge in [-0.1, -0.05) is 6.07 Å². The summed E-state index contributed by atoms with van der Waals surface area (Å²) in [6.07, 6.45) is 7.21. The van der Waals surface area contributed by atoms with E-state index < -0.39 is 0 Å². The summed E-state index contributed by atoms with van der Waals surface area (Å²) in [4.78, 5) is 9.45. The Morgan fingerprint density at radius 2 is 2.10 bits per heavy atom. The second-order valence-electron chi connectivity index (χ2n) is 6.60. The predicted molar refractivity (Wildman–Crippen MR) is 84.1 cm³/mol. The molecule has 2 saturated heterocycles. The number of rotatable bonds is 4. The molecule has 3 heterocycles. The number of morpholine rings is 1. The molecule has 2 aliphatic heterocycles. The fourth-order valence-electron chi connectivity index (χ4n) is 3.77. The molecule has 0 aliphatic carbocycles. The summed E-state index contributed by atoms with van der Waals surface area (Å²) in [5.74, 6) is 0. The van der Waals surface area contributed by atoms with Crippen LogP contribution in [-0.4, -0.2) is 59.2 Å². The summed E-state index contributed by atoms with van der Waals surface area (Å²) in [5, 5.41) is 0. The van der Waals surface area contributed by atoms with E-state index in [0.29, 0.717) is 18.2 Å². The lowest BCUT2D eigenvalue weighted by atomic mass is 10.1. The summed E-state index contributed by atoms with van der Waals surface area (Å²) >= 11 is 0. The molecule has 2 aliphatic rings. The van der Waals surface area contributed by atoms with Crippen molar-refractivity contribution in [2.45, 2.75) is 51.5 Å². The number of aromatic nitrogens is 1. The van der Waals surface area contributed by atoms with E-state index in [4.69, 9.17) is 4.74 Å². The number of pyridine rings is 1. The van der Waals surface area contributed by atoms with Crippen LogP contribution in [-0.2, 0) is 11.3 Å². The molecule has 21 heavy (non-hydrogen) atoms. The standard InChI is InChI=1S/C17H27N3O/c1-14-10-19(11-15(2)21-14)13-17-6-4-8-20(17)12-16-5-3-7-18-9-16/h3,5,7,9,14-15,17H,4,6,8,10-13H2,1-2H3/t14-,15+,17-/m1/s1. The van der Waals surface area contributed by atoms with Crippen LogP contribution in [0.25, 0.3) is 0 Å². The van der Waals surface area contributed by atoms with Crippen molar-refractivity contribution in [1.29, 1.82) is 0 Å². The van der Waals surface area contributed by atoms with E-state index in [0.717, 1.165) is 19.6 Å². The van der Waals surface area contributed by atoms with Crippen molar-refractivity contribution < 1.29 is 4.74 Å². The summed E-state index contributed by atoms with van der Waals surface area (Å²) in [6.45, 7) is 9.94.